The van der Waals surface area contributed by atoms with Gasteiger partial charge < -0.3 is 19.5 Å². The maximum atomic E-state index is 12.9. The van der Waals surface area contributed by atoms with Gasteiger partial charge in [-0.15, -0.1) is 10.2 Å². The normalized spacial score (nSPS) is 12.5. The number of ether oxygens (including phenoxy) is 3. The first-order valence-corrected chi connectivity index (χ1v) is 11.6. The van der Waals surface area contributed by atoms with Crippen LogP contribution in [0.25, 0.3) is 0 Å². The fraction of sp³-hybridized carbons (Fsp3) is 0.435. The summed E-state index contributed by atoms with van der Waals surface area (Å²) in [7, 11) is 3.54. The van der Waals surface area contributed by atoms with E-state index in [2.05, 4.69) is 43.1 Å². The Labute approximate surface area is 208 Å². The van der Waals surface area contributed by atoms with Crippen LogP contribution in [-0.2, 0) is 27.3 Å². The molecule has 1 aromatic carbocycles. The van der Waals surface area contributed by atoms with Crippen molar-refractivity contribution in [3.05, 3.63) is 53.3 Å². The van der Waals surface area contributed by atoms with Crippen molar-refractivity contribution in [1.82, 2.24) is 35.3 Å². The molecule has 1 amide bonds. The van der Waals surface area contributed by atoms with E-state index >= 15 is 0 Å². The second-order valence-electron chi connectivity index (χ2n) is 8.16. The molecule has 0 saturated heterocycles. The van der Waals surface area contributed by atoms with E-state index in [1.807, 2.05) is 6.08 Å². The Morgan fingerprint density at radius 3 is 2.11 bits per heavy atom. The van der Waals surface area contributed by atoms with E-state index < -0.39 is 0 Å². The lowest BCUT2D eigenvalue weighted by Gasteiger charge is -2.18. The number of benzene rings is 1. The van der Waals surface area contributed by atoms with Crippen molar-refractivity contribution in [3.63, 3.8) is 0 Å². The highest BCUT2D eigenvalue weighted by Gasteiger charge is 2.21. The largest absolute Gasteiger partial charge is 0.483 e. The van der Waals surface area contributed by atoms with Crippen LogP contribution in [-0.4, -0.2) is 55.6 Å². The minimum atomic E-state index is -0.240. The van der Waals surface area contributed by atoms with Crippen molar-refractivity contribution in [2.24, 2.45) is 24.3 Å². The first kappa shape index (κ1) is 24.8. The highest BCUT2D eigenvalue weighted by atomic mass is 16.5. The van der Waals surface area contributed by atoms with Gasteiger partial charge in [0.15, 0.2) is 11.5 Å². The molecule has 0 aliphatic carbocycles. The topological polar surface area (TPSA) is 143 Å². The third kappa shape index (κ3) is 6.64. The van der Waals surface area contributed by atoms with E-state index in [1.165, 1.54) is 0 Å². The maximum absolute atomic E-state index is 12.9. The number of carbonyl (C=O) groups excluding carboxylic acids is 1. The molecule has 0 fully saturated rings. The summed E-state index contributed by atoms with van der Waals surface area (Å²) in [5.41, 5.74) is 2.31. The molecule has 0 atom stereocenters. The van der Waals surface area contributed by atoms with Gasteiger partial charge in [-0.2, -0.15) is 10.2 Å². The number of nitrogens with zero attached hydrogens (tertiary/aromatic N) is 8. The quantitative estimate of drug-likeness (QED) is 0.356. The molecule has 2 aromatic heterocycles. The molecule has 13 heteroatoms. The van der Waals surface area contributed by atoms with Crippen molar-refractivity contribution in [3.8, 4) is 17.2 Å². The van der Waals surface area contributed by atoms with Crippen LogP contribution in [0.1, 0.15) is 41.5 Å². The molecule has 4 rings (SSSR count). The molecule has 0 radical (unpaired) electrons. The van der Waals surface area contributed by atoms with E-state index in [9.17, 15) is 4.79 Å². The number of rotatable bonds is 13. The van der Waals surface area contributed by atoms with Crippen LogP contribution >= 0.6 is 0 Å². The van der Waals surface area contributed by atoms with Crippen LogP contribution in [0, 0.1) is 0 Å². The molecule has 190 valence electrons. The fourth-order valence-electron chi connectivity index (χ4n) is 3.32. The Balaban J connectivity index is 1.64. The Kier molecular flexibility index (Phi) is 8.21. The molecule has 13 nitrogen and oxygen atoms in total. The van der Waals surface area contributed by atoms with Gasteiger partial charge in [-0.05, 0) is 24.6 Å². The van der Waals surface area contributed by atoms with Gasteiger partial charge in [0.05, 0.1) is 24.6 Å². The lowest BCUT2D eigenvalue weighted by molar-refractivity contribution is 0.0952. The van der Waals surface area contributed by atoms with Gasteiger partial charge in [-0.25, -0.2) is 0 Å². The van der Waals surface area contributed by atoms with Crippen molar-refractivity contribution >= 4 is 5.91 Å². The van der Waals surface area contributed by atoms with Crippen LogP contribution in [0.4, 0.5) is 0 Å². The first-order chi connectivity index (χ1) is 17.5. The second kappa shape index (κ2) is 11.9. The average Bonchev–Trinajstić information content (AvgIpc) is 3.63. The Bertz CT molecular complexity index is 1180. The summed E-state index contributed by atoms with van der Waals surface area (Å²) >= 11 is 0. The Hall–Kier alpha value is -4.29. The SMILES string of the molecule is CCCCNC(=O)c1cc(OCc2cn(C)nn2)c(OCC2=CCN=N2)c(OCc2cn(C)nn2)c1. The third-order valence-electron chi connectivity index (χ3n) is 5.12. The molecule has 3 heterocycles. The minimum Gasteiger partial charge on any atom is -0.483 e. The molecule has 36 heavy (non-hydrogen) atoms. The first-order valence-electron chi connectivity index (χ1n) is 11.6. The number of amides is 1. The maximum Gasteiger partial charge on any atom is 0.251 e. The van der Waals surface area contributed by atoms with Crippen LogP contribution in [0.3, 0.4) is 0 Å². The number of aromatic nitrogens is 6. The summed E-state index contributed by atoms with van der Waals surface area (Å²) in [6, 6.07) is 3.26. The van der Waals surface area contributed by atoms with Crippen molar-refractivity contribution in [2.75, 3.05) is 19.7 Å². The summed E-state index contributed by atoms with van der Waals surface area (Å²) < 4.78 is 21.4. The molecule has 0 spiro atoms. The molecule has 1 aliphatic rings. The Morgan fingerprint density at radius 2 is 1.61 bits per heavy atom. The average molecular weight is 496 g/mol. The molecule has 1 N–H and O–H groups in total. The summed E-state index contributed by atoms with van der Waals surface area (Å²) in [6.45, 7) is 3.55. The van der Waals surface area contributed by atoms with E-state index in [0.29, 0.717) is 53.0 Å². The summed E-state index contributed by atoms with van der Waals surface area (Å²) in [4.78, 5) is 12.9. The molecule has 1 aliphatic heterocycles. The lowest BCUT2D eigenvalue weighted by atomic mass is 10.1. The lowest BCUT2D eigenvalue weighted by Crippen LogP contribution is -2.24. The zero-order valence-electron chi connectivity index (χ0n) is 20.5. The highest BCUT2D eigenvalue weighted by molar-refractivity contribution is 5.95. The molecule has 0 saturated carbocycles. The van der Waals surface area contributed by atoms with Crippen LogP contribution in [0.2, 0.25) is 0 Å². The van der Waals surface area contributed by atoms with Gasteiger partial charge in [0.1, 0.15) is 31.2 Å². The van der Waals surface area contributed by atoms with Crippen LogP contribution < -0.4 is 19.5 Å². The third-order valence-corrected chi connectivity index (χ3v) is 5.12. The van der Waals surface area contributed by atoms with Crippen LogP contribution in [0.5, 0.6) is 17.2 Å². The smallest absolute Gasteiger partial charge is 0.251 e. The van der Waals surface area contributed by atoms with Gasteiger partial charge in [0.25, 0.3) is 5.91 Å². The van der Waals surface area contributed by atoms with E-state index in [-0.39, 0.29) is 25.7 Å². The summed E-state index contributed by atoms with van der Waals surface area (Å²) in [5.74, 6) is 0.744. The van der Waals surface area contributed by atoms with E-state index in [1.54, 1.807) is 48.0 Å². The second-order valence-corrected chi connectivity index (χ2v) is 8.16. The molecule has 3 aromatic rings. The van der Waals surface area contributed by atoms with Gasteiger partial charge in [-0.1, -0.05) is 23.8 Å². The van der Waals surface area contributed by atoms with Crippen molar-refractivity contribution < 1.29 is 19.0 Å². The van der Waals surface area contributed by atoms with E-state index in [4.69, 9.17) is 14.2 Å². The van der Waals surface area contributed by atoms with Crippen molar-refractivity contribution in [1.29, 1.82) is 0 Å². The predicted molar refractivity (Wildman–Crippen MR) is 128 cm³/mol. The fourth-order valence-corrected chi connectivity index (χ4v) is 3.32. The zero-order valence-corrected chi connectivity index (χ0v) is 20.5. The molecule has 0 unspecified atom stereocenters. The van der Waals surface area contributed by atoms with Gasteiger partial charge in [0, 0.05) is 26.2 Å². The monoisotopic (exact) mass is 495 g/mol. The molecule has 0 bridgehead atoms. The van der Waals surface area contributed by atoms with Crippen molar-refractivity contribution in [2.45, 2.75) is 33.0 Å². The number of aryl methyl sites for hydroxylation is 2. The number of azo groups is 1. The Morgan fingerprint density at radius 1 is 0.972 bits per heavy atom. The summed E-state index contributed by atoms with van der Waals surface area (Å²) in [6.07, 6.45) is 7.21. The standard InChI is InChI=1S/C23H29N9O4/c1-4-5-7-24-23(33)16-9-20(34-14-18-11-31(2)29-27-18)22(36-13-17-6-8-25-26-17)21(10-16)35-15-19-12-32(3)30-28-19/h6,9-12H,4-5,7-8,13-15H2,1-3H3,(H,24,33). The number of carbonyl (C=O) groups is 1. The minimum absolute atomic E-state index is 0.122. The van der Waals surface area contributed by atoms with Gasteiger partial charge >= 0.3 is 0 Å². The molecular formula is C23H29N9O4. The van der Waals surface area contributed by atoms with Gasteiger partial charge in [-0.3, -0.25) is 14.2 Å². The van der Waals surface area contributed by atoms with Crippen LogP contribution in [0.15, 0.2) is 46.5 Å². The number of hydrogen-bond acceptors (Lipinski definition) is 10. The number of unbranched alkanes of at least 4 members (excludes halogenated alkanes) is 1. The number of hydrogen-bond donors (Lipinski definition) is 1. The van der Waals surface area contributed by atoms with Gasteiger partial charge in [0.2, 0.25) is 5.75 Å². The number of nitrogens with one attached hydrogen (secondary N) is 1. The predicted octanol–water partition coefficient (Wildman–Crippen LogP) is 2.36. The van der Waals surface area contributed by atoms with E-state index in [0.717, 1.165) is 12.8 Å². The zero-order chi connectivity index (χ0) is 25.3. The molecular weight excluding hydrogens is 466 g/mol. The highest BCUT2D eigenvalue weighted by Crippen LogP contribution is 2.40. The summed E-state index contributed by atoms with van der Waals surface area (Å²) in [5, 5.41) is 26.9.